The molecule has 2 N–H and O–H groups in total. The summed E-state index contributed by atoms with van der Waals surface area (Å²) in [4.78, 5) is 2.56. The number of hydrogen-bond donors (Lipinski definition) is 1. The first kappa shape index (κ1) is 14.9. The van der Waals surface area contributed by atoms with Gasteiger partial charge in [-0.05, 0) is 70.9 Å². The molecule has 1 saturated heterocycles. The number of nitrogens with zero attached hydrogens (tertiary/aromatic N) is 1. The first-order chi connectivity index (χ1) is 8.86. The Morgan fingerprint density at radius 2 is 1.89 bits per heavy atom. The monoisotopic (exact) mass is 324 g/mol. The second kappa shape index (κ2) is 5.84. The lowest BCUT2D eigenvalue weighted by atomic mass is 9.75. The summed E-state index contributed by atoms with van der Waals surface area (Å²) in [6.07, 6.45) is 2.64. The van der Waals surface area contributed by atoms with E-state index in [9.17, 15) is 0 Å². The summed E-state index contributed by atoms with van der Waals surface area (Å²) in [5.74, 6) is 0.863. The van der Waals surface area contributed by atoms with Crippen LogP contribution in [-0.2, 0) is 6.54 Å². The number of rotatable bonds is 2. The maximum Gasteiger partial charge on any atom is 0.0458 e. The summed E-state index contributed by atoms with van der Waals surface area (Å²) < 4.78 is 1.01. The second-order valence-corrected chi connectivity index (χ2v) is 7.63. The van der Waals surface area contributed by atoms with Crippen LogP contribution in [0.2, 0.25) is 0 Å². The van der Waals surface area contributed by atoms with Crippen LogP contribution in [0.3, 0.4) is 0 Å². The molecule has 0 unspecified atom stereocenters. The summed E-state index contributed by atoms with van der Waals surface area (Å²) in [5.41, 5.74) is 8.44. The van der Waals surface area contributed by atoms with Crippen LogP contribution in [0.4, 0.5) is 5.69 Å². The molecule has 0 aromatic heterocycles. The molecule has 3 heteroatoms. The minimum Gasteiger partial charge on any atom is -0.398 e. The van der Waals surface area contributed by atoms with E-state index in [0.29, 0.717) is 5.41 Å². The minimum absolute atomic E-state index is 0.455. The highest BCUT2D eigenvalue weighted by Crippen LogP contribution is 2.34. The lowest BCUT2D eigenvalue weighted by Gasteiger charge is -2.38. The van der Waals surface area contributed by atoms with Gasteiger partial charge in [0.25, 0.3) is 0 Å². The molecule has 0 amide bonds. The molecule has 1 heterocycles. The van der Waals surface area contributed by atoms with Crippen molar-refractivity contribution >= 4 is 21.6 Å². The van der Waals surface area contributed by atoms with Crippen molar-refractivity contribution in [3.63, 3.8) is 0 Å². The van der Waals surface area contributed by atoms with E-state index in [4.69, 9.17) is 5.73 Å². The molecule has 0 bridgehead atoms. The maximum atomic E-state index is 5.83. The number of halogens is 1. The normalized spacial score (nSPS) is 18.7. The van der Waals surface area contributed by atoms with Gasteiger partial charge in [-0.15, -0.1) is 0 Å². The second-order valence-electron chi connectivity index (χ2n) is 6.77. The first-order valence-corrected chi connectivity index (χ1v) is 7.92. The number of benzene rings is 1. The van der Waals surface area contributed by atoms with Gasteiger partial charge in [0.15, 0.2) is 0 Å². The fourth-order valence-electron chi connectivity index (χ4n) is 2.88. The van der Waals surface area contributed by atoms with Crippen LogP contribution in [0.25, 0.3) is 0 Å². The Morgan fingerprint density at radius 1 is 1.26 bits per heavy atom. The smallest absolute Gasteiger partial charge is 0.0458 e. The topological polar surface area (TPSA) is 29.3 Å². The minimum atomic E-state index is 0.455. The molecular formula is C16H25BrN2. The molecule has 2 rings (SSSR count). The van der Waals surface area contributed by atoms with E-state index < -0.39 is 0 Å². The number of anilines is 1. The Morgan fingerprint density at radius 3 is 2.42 bits per heavy atom. The summed E-state index contributed by atoms with van der Waals surface area (Å²) >= 11 is 3.50. The Kier molecular flexibility index (Phi) is 4.57. The van der Waals surface area contributed by atoms with Crippen molar-refractivity contribution in [2.75, 3.05) is 18.8 Å². The summed E-state index contributed by atoms with van der Waals surface area (Å²) in [7, 11) is 0. The van der Waals surface area contributed by atoms with Crippen LogP contribution < -0.4 is 5.73 Å². The van der Waals surface area contributed by atoms with Crippen molar-refractivity contribution in [2.45, 2.75) is 40.2 Å². The van der Waals surface area contributed by atoms with Crippen molar-refractivity contribution < 1.29 is 0 Å². The van der Waals surface area contributed by atoms with Crippen molar-refractivity contribution in [1.29, 1.82) is 0 Å². The highest BCUT2D eigenvalue weighted by molar-refractivity contribution is 9.10. The van der Waals surface area contributed by atoms with Crippen LogP contribution in [-0.4, -0.2) is 18.0 Å². The number of hydrogen-bond acceptors (Lipinski definition) is 2. The molecular weight excluding hydrogens is 300 g/mol. The molecule has 106 valence electrons. The van der Waals surface area contributed by atoms with Gasteiger partial charge in [-0.25, -0.2) is 0 Å². The van der Waals surface area contributed by atoms with Gasteiger partial charge in [0, 0.05) is 16.7 Å². The van der Waals surface area contributed by atoms with Gasteiger partial charge in [-0.3, -0.25) is 4.90 Å². The van der Waals surface area contributed by atoms with Crippen molar-refractivity contribution in [3.05, 3.63) is 28.2 Å². The van der Waals surface area contributed by atoms with Crippen LogP contribution in [0.5, 0.6) is 0 Å². The van der Waals surface area contributed by atoms with E-state index in [1.54, 1.807) is 0 Å². The van der Waals surface area contributed by atoms with Gasteiger partial charge in [0.05, 0.1) is 0 Å². The molecule has 1 aromatic rings. The summed E-state index contributed by atoms with van der Waals surface area (Å²) in [6.45, 7) is 10.6. The Bertz CT molecular complexity index is 429. The molecule has 1 aliphatic rings. The molecule has 0 saturated carbocycles. The number of likely N-dealkylation sites (tertiary alicyclic amines) is 1. The zero-order chi connectivity index (χ0) is 14.0. The Hall–Kier alpha value is -0.540. The standard InChI is InChI=1S/C16H25BrN2/c1-16(2,3)13-6-8-19(9-7-13)11-12-4-5-15(18)14(17)10-12/h4-5,10,13H,6-9,11,18H2,1-3H3. The van der Waals surface area contributed by atoms with Gasteiger partial charge < -0.3 is 5.73 Å². The molecule has 19 heavy (non-hydrogen) atoms. The Balaban J connectivity index is 1.90. The fraction of sp³-hybridized carbons (Fsp3) is 0.625. The molecule has 1 fully saturated rings. The van der Waals surface area contributed by atoms with Gasteiger partial charge in [0.1, 0.15) is 0 Å². The third kappa shape index (κ3) is 3.96. The van der Waals surface area contributed by atoms with Crippen molar-refractivity contribution in [3.8, 4) is 0 Å². The lowest BCUT2D eigenvalue weighted by molar-refractivity contribution is 0.108. The van der Waals surface area contributed by atoms with E-state index in [1.807, 2.05) is 6.07 Å². The molecule has 0 atom stereocenters. The zero-order valence-electron chi connectivity index (χ0n) is 12.2. The molecule has 1 aromatic carbocycles. The molecule has 1 aliphatic heterocycles. The largest absolute Gasteiger partial charge is 0.398 e. The van der Waals surface area contributed by atoms with Crippen LogP contribution in [0, 0.1) is 11.3 Å². The quantitative estimate of drug-likeness (QED) is 0.822. The van der Waals surface area contributed by atoms with Crippen molar-refractivity contribution in [1.82, 2.24) is 4.90 Å². The lowest BCUT2D eigenvalue weighted by Crippen LogP contribution is -2.37. The highest BCUT2D eigenvalue weighted by Gasteiger charge is 2.28. The van der Waals surface area contributed by atoms with E-state index in [0.717, 1.165) is 22.6 Å². The van der Waals surface area contributed by atoms with Gasteiger partial charge >= 0.3 is 0 Å². The highest BCUT2D eigenvalue weighted by atomic mass is 79.9. The predicted molar refractivity (Wildman–Crippen MR) is 86.0 cm³/mol. The molecule has 0 radical (unpaired) electrons. The Labute approximate surface area is 125 Å². The van der Waals surface area contributed by atoms with E-state index in [2.05, 4.69) is 53.7 Å². The van der Waals surface area contributed by atoms with Crippen LogP contribution in [0.15, 0.2) is 22.7 Å². The summed E-state index contributed by atoms with van der Waals surface area (Å²) in [6, 6.07) is 6.27. The average Bonchev–Trinajstić information content (AvgIpc) is 2.33. The van der Waals surface area contributed by atoms with Gasteiger partial charge in [-0.1, -0.05) is 26.8 Å². The fourth-order valence-corrected chi connectivity index (χ4v) is 3.31. The molecule has 0 aliphatic carbocycles. The third-order valence-electron chi connectivity index (χ3n) is 4.28. The third-order valence-corrected chi connectivity index (χ3v) is 4.97. The van der Waals surface area contributed by atoms with Gasteiger partial charge in [-0.2, -0.15) is 0 Å². The SMILES string of the molecule is CC(C)(C)C1CCN(Cc2ccc(N)c(Br)c2)CC1. The molecule has 0 spiro atoms. The summed E-state index contributed by atoms with van der Waals surface area (Å²) in [5, 5.41) is 0. The van der Waals surface area contributed by atoms with E-state index >= 15 is 0 Å². The molecule has 2 nitrogen and oxygen atoms in total. The van der Waals surface area contributed by atoms with Crippen LogP contribution >= 0.6 is 15.9 Å². The van der Waals surface area contributed by atoms with E-state index in [-0.39, 0.29) is 0 Å². The number of nitrogens with two attached hydrogens (primary N) is 1. The maximum absolute atomic E-state index is 5.83. The predicted octanol–water partition coefficient (Wildman–Crippen LogP) is 4.29. The number of piperidine rings is 1. The van der Waals surface area contributed by atoms with Gasteiger partial charge in [0.2, 0.25) is 0 Å². The van der Waals surface area contributed by atoms with E-state index in [1.165, 1.54) is 31.5 Å². The zero-order valence-corrected chi connectivity index (χ0v) is 13.8. The average molecular weight is 325 g/mol. The van der Waals surface area contributed by atoms with Crippen molar-refractivity contribution in [2.24, 2.45) is 11.3 Å². The first-order valence-electron chi connectivity index (χ1n) is 7.12. The van der Waals surface area contributed by atoms with Crippen LogP contribution in [0.1, 0.15) is 39.2 Å². The number of nitrogen functional groups attached to an aromatic ring is 1.